The number of nitrogens with one attached hydrogen (secondary N) is 2. The van der Waals surface area contributed by atoms with Crippen LogP contribution in [-0.4, -0.2) is 56.2 Å². The maximum absolute atomic E-state index is 5.33. The van der Waals surface area contributed by atoms with Crippen LogP contribution >= 0.6 is 35.3 Å². The summed E-state index contributed by atoms with van der Waals surface area (Å²) in [4.78, 5) is 12.0. The van der Waals surface area contributed by atoms with Crippen molar-refractivity contribution in [2.24, 2.45) is 10.9 Å². The van der Waals surface area contributed by atoms with Crippen LogP contribution in [0.1, 0.15) is 42.1 Å². The summed E-state index contributed by atoms with van der Waals surface area (Å²) in [6.07, 6.45) is 3.33. The van der Waals surface area contributed by atoms with Crippen molar-refractivity contribution in [2.45, 2.75) is 39.2 Å². The molecule has 1 aromatic heterocycles. The zero-order chi connectivity index (χ0) is 21.3. The fraction of sp³-hybridized carbons (Fsp3) is 0.565. The summed E-state index contributed by atoms with van der Waals surface area (Å²) in [7, 11) is 3.94. The molecule has 6 nitrogen and oxygen atoms in total. The van der Waals surface area contributed by atoms with Crippen molar-refractivity contribution in [1.82, 2.24) is 20.5 Å². The molecule has 2 heterocycles. The van der Waals surface area contributed by atoms with Gasteiger partial charge in [-0.1, -0.05) is 12.1 Å². The minimum absolute atomic E-state index is 0. The number of guanidine groups is 1. The Hall–Kier alpha value is -1.39. The lowest BCUT2D eigenvalue weighted by Gasteiger charge is -2.39. The van der Waals surface area contributed by atoms with E-state index in [9.17, 15) is 0 Å². The van der Waals surface area contributed by atoms with E-state index in [1.165, 1.54) is 18.4 Å². The second kappa shape index (κ2) is 13.2. The average Bonchev–Trinajstić information content (AvgIpc) is 3.17. The largest absolute Gasteiger partial charge is 0.497 e. The van der Waals surface area contributed by atoms with Gasteiger partial charge in [-0.25, -0.2) is 4.98 Å². The fourth-order valence-electron chi connectivity index (χ4n) is 4.16. The first-order chi connectivity index (χ1) is 14.6. The van der Waals surface area contributed by atoms with Crippen molar-refractivity contribution >= 4 is 41.3 Å². The van der Waals surface area contributed by atoms with Crippen molar-refractivity contribution in [3.8, 4) is 5.75 Å². The highest BCUT2D eigenvalue weighted by molar-refractivity contribution is 14.0. The van der Waals surface area contributed by atoms with Crippen molar-refractivity contribution in [3.05, 3.63) is 45.9 Å². The number of thiazole rings is 1. The SMILES string of the molecule is CCNC(=NCC1CCCN(C)C1c1ccc(OC)cc1)NCCc1csc(C)n1.I. The molecule has 1 aromatic carbocycles. The molecule has 0 bridgehead atoms. The highest BCUT2D eigenvalue weighted by Gasteiger charge is 2.30. The van der Waals surface area contributed by atoms with E-state index in [4.69, 9.17) is 9.73 Å². The van der Waals surface area contributed by atoms with Crippen LogP contribution in [0.2, 0.25) is 0 Å². The van der Waals surface area contributed by atoms with Gasteiger partial charge in [-0.2, -0.15) is 0 Å². The van der Waals surface area contributed by atoms with E-state index in [0.29, 0.717) is 12.0 Å². The number of nitrogens with zero attached hydrogens (tertiary/aromatic N) is 3. The standard InChI is InChI=1S/C23H35N5OS.HI/c1-5-24-23(25-13-12-20-16-30-17(2)27-20)26-15-19-7-6-14-28(3)22(19)18-8-10-21(29-4)11-9-18;/h8-11,16,19,22H,5-7,12-15H2,1-4H3,(H2,24,25,26);1H. The molecule has 31 heavy (non-hydrogen) atoms. The summed E-state index contributed by atoms with van der Waals surface area (Å²) in [6.45, 7) is 7.78. The molecule has 2 unspecified atom stereocenters. The second-order valence-electron chi connectivity index (χ2n) is 7.86. The highest BCUT2D eigenvalue weighted by Crippen LogP contribution is 2.35. The predicted octanol–water partition coefficient (Wildman–Crippen LogP) is 4.26. The summed E-state index contributed by atoms with van der Waals surface area (Å²) in [5.41, 5.74) is 2.49. The van der Waals surface area contributed by atoms with Gasteiger partial charge in [-0.15, -0.1) is 35.3 Å². The lowest BCUT2D eigenvalue weighted by Crippen LogP contribution is -2.40. The van der Waals surface area contributed by atoms with E-state index in [2.05, 4.69) is 64.1 Å². The third kappa shape index (κ3) is 7.61. The Balaban J connectivity index is 0.00000341. The summed E-state index contributed by atoms with van der Waals surface area (Å²) in [5.74, 6) is 2.29. The number of ether oxygens (including phenoxy) is 1. The maximum Gasteiger partial charge on any atom is 0.191 e. The molecule has 172 valence electrons. The maximum atomic E-state index is 5.33. The molecule has 1 saturated heterocycles. The first kappa shape index (κ1) is 25.9. The topological polar surface area (TPSA) is 61.8 Å². The van der Waals surface area contributed by atoms with Gasteiger partial charge in [0.25, 0.3) is 0 Å². The Labute approximate surface area is 207 Å². The van der Waals surface area contributed by atoms with E-state index in [1.807, 2.05) is 6.92 Å². The predicted molar refractivity (Wildman–Crippen MR) is 141 cm³/mol. The van der Waals surface area contributed by atoms with Crippen LogP contribution in [0.25, 0.3) is 0 Å². The van der Waals surface area contributed by atoms with Crippen molar-refractivity contribution in [3.63, 3.8) is 0 Å². The van der Waals surface area contributed by atoms with Gasteiger partial charge in [0, 0.05) is 37.5 Å². The Bertz CT molecular complexity index is 811. The van der Waals surface area contributed by atoms with Crippen LogP contribution in [-0.2, 0) is 6.42 Å². The number of piperidine rings is 1. The summed E-state index contributed by atoms with van der Waals surface area (Å²) in [6, 6.07) is 8.89. The van der Waals surface area contributed by atoms with Crippen LogP contribution in [0.5, 0.6) is 5.75 Å². The fourth-order valence-corrected chi connectivity index (χ4v) is 4.81. The number of rotatable bonds is 8. The van der Waals surface area contributed by atoms with Crippen LogP contribution in [0.4, 0.5) is 0 Å². The number of hydrogen-bond acceptors (Lipinski definition) is 5. The Morgan fingerprint density at radius 2 is 2.06 bits per heavy atom. The Kier molecular flexibility index (Phi) is 11.0. The van der Waals surface area contributed by atoms with Crippen LogP contribution in [0.15, 0.2) is 34.6 Å². The van der Waals surface area contributed by atoms with E-state index in [1.54, 1.807) is 18.4 Å². The monoisotopic (exact) mass is 557 g/mol. The quantitative estimate of drug-likeness (QED) is 0.289. The Morgan fingerprint density at radius 3 is 2.71 bits per heavy atom. The average molecular weight is 558 g/mol. The Morgan fingerprint density at radius 1 is 1.29 bits per heavy atom. The zero-order valence-corrected chi connectivity index (χ0v) is 22.2. The lowest BCUT2D eigenvalue weighted by atomic mass is 9.85. The third-order valence-corrected chi connectivity index (χ3v) is 6.46. The van der Waals surface area contributed by atoms with E-state index in [-0.39, 0.29) is 24.0 Å². The molecule has 2 N–H and O–H groups in total. The van der Waals surface area contributed by atoms with Gasteiger partial charge in [0.05, 0.1) is 17.8 Å². The molecule has 2 atom stereocenters. The van der Waals surface area contributed by atoms with Gasteiger partial charge in [0.1, 0.15) is 5.75 Å². The molecule has 1 fully saturated rings. The van der Waals surface area contributed by atoms with Gasteiger partial charge in [-0.3, -0.25) is 9.89 Å². The van der Waals surface area contributed by atoms with E-state index < -0.39 is 0 Å². The number of halogens is 1. The summed E-state index contributed by atoms with van der Waals surface area (Å²) in [5, 5.41) is 10.1. The minimum atomic E-state index is 0. The summed E-state index contributed by atoms with van der Waals surface area (Å²) < 4.78 is 5.33. The summed E-state index contributed by atoms with van der Waals surface area (Å²) >= 11 is 1.71. The first-order valence-corrected chi connectivity index (χ1v) is 11.8. The van der Waals surface area contributed by atoms with Crippen molar-refractivity contribution in [1.29, 1.82) is 0 Å². The van der Waals surface area contributed by atoms with Crippen LogP contribution in [0, 0.1) is 12.8 Å². The number of hydrogen-bond donors (Lipinski definition) is 2. The molecular formula is C23H36IN5OS. The first-order valence-electron chi connectivity index (χ1n) is 10.9. The minimum Gasteiger partial charge on any atom is -0.497 e. The molecule has 8 heteroatoms. The molecule has 0 aliphatic carbocycles. The normalized spacial score (nSPS) is 19.5. The number of benzene rings is 1. The molecule has 0 radical (unpaired) electrons. The van der Waals surface area contributed by atoms with Gasteiger partial charge >= 0.3 is 0 Å². The molecule has 0 amide bonds. The second-order valence-corrected chi connectivity index (χ2v) is 8.92. The smallest absolute Gasteiger partial charge is 0.191 e. The molecule has 1 aliphatic rings. The van der Waals surface area contributed by atoms with Gasteiger partial charge in [0.2, 0.25) is 0 Å². The number of aliphatic imine (C=N–C) groups is 1. The van der Waals surface area contributed by atoms with Gasteiger partial charge < -0.3 is 15.4 Å². The molecule has 0 saturated carbocycles. The van der Waals surface area contributed by atoms with Crippen LogP contribution < -0.4 is 15.4 Å². The number of aromatic nitrogens is 1. The van der Waals surface area contributed by atoms with E-state index in [0.717, 1.165) is 55.0 Å². The van der Waals surface area contributed by atoms with Gasteiger partial charge in [-0.05, 0) is 63.9 Å². The molecular weight excluding hydrogens is 521 g/mol. The third-order valence-electron chi connectivity index (χ3n) is 5.63. The number of likely N-dealkylation sites (tertiary alicyclic amines) is 1. The lowest BCUT2D eigenvalue weighted by molar-refractivity contribution is 0.125. The van der Waals surface area contributed by atoms with Crippen molar-refractivity contribution in [2.75, 3.05) is 40.3 Å². The number of methoxy groups -OCH3 is 1. The molecule has 3 rings (SSSR count). The number of aryl methyl sites for hydroxylation is 1. The van der Waals surface area contributed by atoms with E-state index >= 15 is 0 Å². The molecule has 1 aliphatic heterocycles. The van der Waals surface area contributed by atoms with Gasteiger partial charge in [0.15, 0.2) is 5.96 Å². The van der Waals surface area contributed by atoms with Crippen molar-refractivity contribution < 1.29 is 4.74 Å². The van der Waals surface area contributed by atoms with Crippen LogP contribution in [0.3, 0.4) is 0 Å². The zero-order valence-electron chi connectivity index (χ0n) is 19.1. The highest BCUT2D eigenvalue weighted by atomic mass is 127. The molecule has 2 aromatic rings. The molecule has 0 spiro atoms.